The van der Waals surface area contributed by atoms with Crippen molar-refractivity contribution in [3.8, 4) is 11.5 Å². The molecular formula is C14H18ClNO4. The van der Waals surface area contributed by atoms with Gasteiger partial charge in [0.25, 0.3) is 5.91 Å². The highest BCUT2D eigenvalue weighted by atomic mass is 35.5. The number of likely N-dealkylation sites (N-methyl/N-ethyl adjacent to an activating group) is 1. The lowest BCUT2D eigenvalue weighted by Gasteiger charge is -2.29. The van der Waals surface area contributed by atoms with E-state index >= 15 is 0 Å². The number of carbonyl (C=O) groups excluding carboxylic acids is 1. The Morgan fingerprint density at radius 2 is 2.20 bits per heavy atom. The standard InChI is InChI=1S/C14H18ClNO4/c1-16(7-10(15)8-18-2)14(17)13-9-19-11-5-3-4-6-12(11)20-13/h3-6,10,13H,7-9H2,1-2H3. The average Bonchev–Trinajstić information content (AvgIpc) is 2.46. The van der Waals surface area contributed by atoms with Gasteiger partial charge in [-0.05, 0) is 12.1 Å². The molecule has 1 aliphatic heterocycles. The first-order valence-corrected chi connectivity index (χ1v) is 6.82. The first-order valence-electron chi connectivity index (χ1n) is 6.38. The molecule has 0 radical (unpaired) electrons. The minimum absolute atomic E-state index is 0.152. The zero-order chi connectivity index (χ0) is 14.5. The first-order chi connectivity index (χ1) is 9.61. The summed E-state index contributed by atoms with van der Waals surface area (Å²) in [6.45, 7) is 0.997. The largest absolute Gasteiger partial charge is 0.485 e. The third kappa shape index (κ3) is 3.55. The van der Waals surface area contributed by atoms with Crippen molar-refractivity contribution in [1.82, 2.24) is 4.90 Å². The second-order valence-corrected chi connectivity index (χ2v) is 5.25. The predicted molar refractivity (Wildman–Crippen MR) is 75.5 cm³/mol. The summed E-state index contributed by atoms with van der Waals surface area (Å²) in [6.07, 6.45) is -0.638. The number of hydrogen-bond acceptors (Lipinski definition) is 4. The molecule has 0 spiro atoms. The Labute approximate surface area is 123 Å². The zero-order valence-corrected chi connectivity index (χ0v) is 12.3. The Bertz CT molecular complexity index is 468. The van der Waals surface area contributed by atoms with E-state index < -0.39 is 6.10 Å². The number of hydrogen-bond donors (Lipinski definition) is 0. The molecule has 1 aromatic rings. The van der Waals surface area contributed by atoms with Crippen LogP contribution < -0.4 is 9.47 Å². The summed E-state index contributed by atoms with van der Waals surface area (Å²) in [5.74, 6) is 1.10. The van der Waals surface area contributed by atoms with Crippen LogP contribution >= 0.6 is 11.6 Å². The Morgan fingerprint density at radius 3 is 2.90 bits per heavy atom. The van der Waals surface area contributed by atoms with E-state index in [1.807, 2.05) is 18.2 Å². The molecule has 2 rings (SSSR count). The molecule has 2 atom stereocenters. The van der Waals surface area contributed by atoms with Crippen molar-refractivity contribution in [2.45, 2.75) is 11.5 Å². The molecule has 1 aliphatic rings. The number of alkyl halides is 1. The van der Waals surface area contributed by atoms with Crippen LogP contribution in [0.2, 0.25) is 0 Å². The molecule has 0 aliphatic carbocycles. The van der Waals surface area contributed by atoms with Gasteiger partial charge in [0.1, 0.15) is 6.61 Å². The van der Waals surface area contributed by atoms with E-state index in [9.17, 15) is 4.79 Å². The number of rotatable bonds is 5. The van der Waals surface area contributed by atoms with Crippen LogP contribution in [0.15, 0.2) is 24.3 Å². The van der Waals surface area contributed by atoms with Crippen molar-refractivity contribution in [2.24, 2.45) is 0 Å². The first kappa shape index (κ1) is 14.9. The summed E-state index contributed by atoms with van der Waals surface area (Å²) in [4.78, 5) is 13.8. The molecule has 1 aromatic carbocycles. The molecule has 6 heteroatoms. The predicted octanol–water partition coefficient (Wildman–Crippen LogP) is 1.54. The third-order valence-electron chi connectivity index (χ3n) is 2.98. The maximum absolute atomic E-state index is 12.3. The number of amides is 1. The molecule has 0 saturated carbocycles. The fourth-order valence-corrected chi connectivity index (χ4v) is 2.34. The molecule has 1 amide bonds. The minimum atomic E-state index is -0.638. The van der Waals surface area contributed by atoms with Crippen LogP contribution in [0.3, 0.4) is 0 Å². The van der Waals surface area contributed by atoms with E-state index in [1.54, 1.807) is 25.1 Å². The summed E-state index contributed by atoms with van der Waals surface area (Å²) >= 11 is 6.05. The van der Waals surface area contributed by atoms with Gasteiger partial charge in [0, 0.05) is 20.7 Å². The molecule has 5 nitrogen and oxygen atoms in total. The van der Waals surface area contributed by atoms with Crippen LogP contribution in [-0.2, 0) is 9.53 Å². The van der Waals surface area contributed by atoms with Crippen molar-refractivity contribution < 1.29 is 19.0 Å². The van der Waals surface area contributed by atoms with Gasteiger partial charge in [-0.25, -0.2) is 0 Å². The summed E-state index contributed by atoms with van der Waals surface area (Å²) in [5.41, 5.74) is 0. The van der Waals surface area contributed by atoms with E-state index in [0.29, 0.717) is 24.7 Å². The summed E-state index contributed by atoms with van der Waals surface area (Å²) < 4.78 is 16.1. The second kappa shape index (κ2) is 6.81. The number of halogens is 1. The molecule has 0 saturated heterocycles. The highest BCUT2D eigenvalue weighted by Gasteiger charge is 2.30. The van der Waals surface area contributed by atoms with Gasteiger partial charge in [-0.3, -0.25) is 4.79 Å². The molecule has 0 aromatic heterocycles. The lowest BCUT2D eigenvalue weighted by Crippen LogP contribution is -2.46. The summed E-state index contributed by atoms with van der Waals surface area (Å²) in [5, 5.41) is -0.245. The molecular weight excluding hydrogens is 282 g/mol. The van der Waals surface area contributed by atoms with Crippen LogP contribution in [-0.4, -0.2) is 56.2 Å². The number of nitrogens with zero attached hydrogens (tertiary/aromatic N) is 1. The Morgan fingerprint density at radius 1 is 1.50 bits per heavy atom. The highest BCUT2D eigenvalue weighted by molar-refractivity contribution is 6.21. The molecule has 1 heterocycles. The smallest absolute Gasteiger partial charge is 0.267 e. The van der Waals surface area contributed by atoms with Crippen LogP contribution in [0.25, 0.3) is 0 Å². The van der Waals surface area contributed by atoms with E-state index in [1.165, 1.54) is 0 Å². The Balaban J connectivity index is 1.94. The van der Waals surface area contributed by atoms with Crippen LogP contribution in [0.5, 0.6) is 11.5 Å². The number of carbonyl (C=O) groups is 1. The van der Waals surface area contributed by atoms with E-state index in [2.05, 4.69) is 0 Å². The van der Waals surface area contributed by atoms with Crippen LogP contribution in [0, 0.1) is 0 Å². The van der Waals surface area contributed by atoms with Gasteiger partial charge in [0.2, 0.25) is 6.10 Å². The molecule has 2 unspecified atom stereocenters. The Hall–Kier alpha value is -1.46. The van der Waals surface area contributed by atoms with Gasteiger partial charge in [0.15, 0.2) is 11.5 Å². The van der Waals surface area contributed by atoms with Crippen LogP contribution in [0.1, 0.15) is 0 Å². The van der Waals surface area contributed by atoms with Gasteiger partial charge >= 0.3 is 0 Å². The van der Waals surface area contributed by atoms with Crippen molar-refractivity contribution >= 4 is 17.5 Å². The maximum Gasteiger partial charge on any atom is 0.267 e. The zero-order valence-electron chi connectivity index (χ0n) is 11.5. The highest BCUT2D eigenvalue weighted by Crippen LogP contribution is 2.31. The number of methoxy groups -OCH3 is 1. The lowest BCUT2D eigenvalue weighted by molar-refractivity contribution is -0.139. The van der Waals surface area contributed by atoms with E-state index in [-0.39, 0.29) is 17.9 Å². The maximum atomic E-state index is 12.3. The third-order valence-corrected chi connectivity index (χ3v) is 3.24. The molecule has 0 N–H and O–H groups in total. The quantitative estimate of drug-likeness (QED) is 0.774. The topological polar surface area (TPSA) is 48.0 Å². The van der Waals surface area contributed by atoms with E-state index in [0.717, 1.165) is 0 Å². The average molecular weight is 300 g/mol. The fraction of sp³-hybridized carbons (Fsp3) is 0.500. The fourth-order valence-electron chi connectivity index (χ4n) is 2.01. The number of ether oxygens (including phenoxy) is 3. The number of para-hydroxylation sites is 2. The van der Waals surface area contributed by atoms with Crippen molar-refractivity contribution in [2.75, 3.05) is 33.9 Å². The number of benzene rings is 1. The van der Waals surface area contributed by atoms with Crippen molar-refractivity contribution in [3.63, 3.8) is 0 Å². The summed E-state index contributed by atoms with van der Waals surface area (Å²) in [7, 11) is 3.27. The van der Waals surface area contributed by atoms with Gasteiger partial charge in [-0.2, -0.15) is 0 Å². The monoisotopic (exact) mass is 299 g/mol. The second-order valence-electron chi connectivity index (χ2n) is 4.64. The molecule has 0 bridgehead atoms. The molecule has 20 heavy (non-hydrogen) atoms. The van der Waals surface area contributed by atoms with Gasteiger partial charge < -0.3 is 19.1 Å². The number of fused-ring (bicyclic) bond motifs is 1. The van der Waals surface area contributed by atoms with Gasteiger partial charge in [-0.15, -0.1) is 11.6 Å². The summed E-state index contributed by atoms with van der Waals surface area (Å²) in [6, 6.07) is 7.29. The molecule has 110 valence electrons. The minimum Gasteiger partial charge on any atom is -0.485 e. The molecule has 0 fully saturated rings. The lowest BCUT2D eigenvalue weighted by atomic mass is 10.2. The normalized spacial score (nSPS) is 18.4. The van der Waals surface area contributed by atoms with E-state index in [4.69, 9.17) is 25.8 Å². The van der Waals surface area contributed by atoms with Gasteiger partial charge in [-0.1, -0.05) is 12.1 Å². The van der Waals surface area contributed by atoms with Crippen molar-refractivity contribution in [3.05, 3.63) is 24.3 Å². The van der Waals surface area contributed by atoms with Gasteiger partial charge in [0.05, 0.1) is 12.0 Å². The Kier molecular flexibility index (Phi) is 5.09. The SMILES string of the molecule is COCC(Cl)CN(C)C(=O)C1COc2ccccc2O1. The van der Waals surface area contributed by atoms with Crippen LogP contribution in [0.4, 0.5) is 0 Å². The van der Waals surface area contributed by atoms with Crippen molar-refractivity contribution in [1.29, 1.82) is 0 Å².